The summed E-state index contributed by atoms with van der Waals surface area (Å²) in [5.74, 6) is 2.20. The van der Waals surface area contributed by atoms with Gasteiger partial charge in [0.15, 0.2) is 23.1 Å². The van der Waals surface area contributed by atoms with Crippen LogP contribution in [0.15, 0.2) is 191 Å². The maximum atomic E-state index is 6.62. The van der Waals surface area contributed by atoms with Gasteiger partial charge in [0.25, 0.3) is 0 Å². The highest BCUT2D eigenvalue weighted by Crippen LogP contribution is 2.42. The maximum Gasteiger partial charge on any atom is 0.227 e. The fourth-order valence-corrected chi connectivity index (χ4v) is 8.32. The van der Waals surface area contributed by atoms with E-state index in [1.165, 1.54) is 0 Å². The minimum Gasteiger partial charge on any atom is -0.455 e. The second-order valence-electron chi connectivity index (χ2n) is 14.6. The van der Waals surface area contributed by atoms with Gasteiger partial charge < -0.3 is 8.83 Å². The van der Waals surface area contributed by atoms with Gasteiger partial charge >= 0.3 is 0 Å². The summed E-state index contributed by atoms with van der Waals surface area (Å²) in [6.07, 6.45) is 0. The summed E-state index contributed by atoms with van der Waals surface area (Å²) >= 11 is 0. The Morgan fingerprint density at radius 3 is 1.84 bits per heavy atom. The molecule has 3 heterocycles. The third-order valence-electron chi connectivity index (χ3n) is 11.1. The molecule has 0 N–H and O–H groups in total. The Kier molecular flexibility index (Phi) is 7.13. The Morgan fingerprint density at radius 2 is 1.00 bits per heavy atom. The van der Waals surface area contributed by atoms with Crippen LogP contribution in [0.1, 0.15) is 0 Å². The number of rotatable bonds is 5. The topological polar surface area (TPSA) is 77.8 Å². The van der Waals surface area contributed by atoms with Crippen molar-refractivity contribution in [1.29, 1.82) is 0 Å². The molecule has 0 saturated carbocycles. The van der Waals surface area contributed by atoms with Crippen LogP contribution in [0.5, 0.6) is 0 Å². The molecule has 12 rings (SSSR count). The first-order valence-electron chi connectivity index (χ1n) is 19.3. The molecule has 0 aliphatic carbocycles. The van der Waals surface area contributed by atoms with Gasteiger partial charge in [0.2, 0.25) is 5.89 Å². The fourth-order valence-electron chi connectivity index (χ4n) is 8.32. The molecule has 3 aromatic heterocycles. The summed E-state index contributed by atoms with van der Waals surface area (Å²) in [5, 5.41) is 8.27. The molecule has 6 heteroatoms. The zero-order valence-electron chi connectivity index (χ0n) is 30.9. The van der Waals surface area contributed by atoms with Crippen LogP contribution in [0.3, 0.4) is 0 Å². The van der Waals surface area contributed by atoms with Crippen molar-refractivity contribution in [3.05, 3.63) is 182 Å². The monoisotopic (exact) mass is 742 g/mol. The number of oxazole rings is 1. The maximum absolute atomic E-state index is 6.62. The predicted molar refractivity (Wildman–Crippen MR) is 234 cm³/mol. The highest BCUT2D eigenvalue weighted by molar-refractivity contribution is 6.19. The lowest BCUT2D eigenvalue weighted by Gasteiger charge is -2.12. The Morgan fingerprint density at radius 1 is 0.328 bits per heavy atom. The molecular weight excluding hydrogens is 713 g/mol. The van der Waals surface area contributed by atoms with E-state index >= 15 is 0 Å². The zero-order valence-corrected chi connectivity index (χ0v) is 30.9. The van der Waals surface area contributed by atoms with Crippen LogP contribution in [0, 0.1) is 0 Å². The van der Waals surface area contributed by atoms with Crippen molar-refractivity contribution >= 4 is 65.4 Å². The van der Waals surface area contributed by atoms with Gasteiger partial charge in [-0.3, -0.25) is 0 Å². The van der Waals surface area contributed by atoms with Crippen molar-refractivity contribution in [2.24, 2.45) is 0 Å². The first-order chi connectivity index (χ1) is 28.7. The lowest BCUT2D eigenvalue weighted by atomic mass is 9.97. The van der Waals surface area contributed by atoms with Crippen molar-refractivity contribution in [3.8, 4) is 56.7 Å². The van der Waals surface area contributed by atoms with Gasteiger partial charge in [-0.15, -0.1) is 0 Å². The van der Waals surface area contributed by atoms with Crippen LogP contribution in [-0.2, 0) is 0 Å². The van der Waals surface area contributed by atoms with Crippen LogP contribution in [0.25, 0.3) is 122 Å². The van der Waals surface area contributed by atoms with Crippen LogP contribution in [-0.4, -0.2) is 19.9 Å². The van der Waals surface area contributed by atoms with E-state index in [2.05, 4.69) is 121 Å². The first-order valence-corrected chi connectivity index (χ1v) is 19.3. The van der Waals surface area contributed by atoms with E-state index in [0.29, 0.717) is 28.9 Å². The number of benzene rings is 9. The van der Waals surface area contributed by atoms with Gasteiger partial charge in [0, 0.05) is 43.8 Å². The number of furan rings is 1. The minimum atomic E-state index is 0.532. The quantitative estimate of drug-likeness (QED) is 0.175. The molecule has 58 heavy (non-hydrogen) atoms. The Balaban J connectivity index is 1.16. The number of hydrogen-bond donors (Lipinski definition) is 0. The smallest absolute Gasteiger partial charge is 0.227 e. The molecular formula is C52H30N4O2. The molecule has 0 aliphatic heterocycles. The molecule has 0 radical (unpaired) electrons. The molecule has 0 unspecified atom stereocenters. The molecule has 6 nitrogen and oxygen atoms in total. The molecule has 0 saturated heterocycles. The highest BCUT2D eigenvalue weighted by Gasteiger charge is 2.22. The SMILES string of the molecule is c1ccc(-c2ccc3c(c2)c(-c2nc(-c4ccc5ccccc5c4)nc(-c4cccc5oc6c7ccccc7ccc6c45)n2)cc2nc(-c4ccccc4)oc23)cc1. The average molecular weight is 743 g/mol. The molecule has 0 spiro atoms. The van der Waals surface area contributed by atoms with Crippen LogP contribution in [0.2, 0.25) is 0 Å². The minimum absolute atomic E-state index is 0.532. The number of aromatic nitrogens is 4. The molecule has 9 aromatic carbocycles. The van der Waals surface area contributed by atoms with Crippen LogP contribution in [0.4, 0.5) is 0 Å². The standard InChI is InChI=1S/C52H30N4O2/c1-3-12-31(13-4-1)36-25-26-39-42(29-36)43(30-44-48(39)58-52(53-44)34-16-5-2-6-17-34)51-55-49(37-23-22-32-14-7-8-18-35(32)28-37)54-50(56-51)41-20-11-21-45-46(41)40-27-24-33-15-9-10-19-38(33)47(40)57-45/h1-30H. The average Bonchev–Trinajstić information content (AvgIpc) is 3.91. The third kappa shape index (κ3) is 5.20. The predicted octanol–water partition coefficient (Wildman–Crippen LogP) is 13.7. The summed E-state index contributed by atoms with van der Waals surface area (Å²) < 4.78 is 13.2. The van der Waals surface area contributed by atoms with E-state index in [1.54, 1.807) is 0 Å². The largest absolute Gasteiger partial charge is 0.455 e. The van der Waals surface area contributed by atoms with Crippen LogP contribution < -0.4 is 0 Å². The van der Waals surface area contributed by atoms with Crippen LogP contribution >= 0.6 is 0 Å². The van der Waals surface area contributed by atoms with Gasteiger partial charge in [-0.1, -0.05) is 133 Å². The molecule has 270 valence electrons. The second-order valence-corrected chi connectivity index (χ2v) is 14.6. The normalized spacial score (nSPS) is 11.8. The van der Waals surface area contributed by atoms with Crippen molar-refractivity contribution in [2.75, 3.05) is 0 Å². The van der Waals surface area contributed by atoms with E-state index in [1.807, 2.05) is 60.7 Å². The van der Waals surface area contributed by atoms with Gasteiger partial charge in [-0.25, -0.2) is 19.9 Å². The number of nitrogens with zero attached hydrogens (tertiary/aromatic N) is 4. The van der Waals surface area contributed by atoms with Crippen molar-refractivity contribution in [1.82, 2.24) is 19.9 Å². The van der Waals surface area contributed by atoms with E-state index in [-0.39, 0.29) is 0 Å². The Hall–Kier alpha value is -7.96. The number of hydrogen-bond acceptors (Lipinski definition) is 6. The zero-order chi connectivity index (χ0) is 38.2. The lowest BCUT2D eigenvalue weighted by Crippen LogP contribution is -2.01. The first kappa shape index (κ1) is 32.3. The highest BCUT2D eigenvalue weighted by atomic mass is 16.3. The van der Waals surface area contributed by atoms with E-state index in [4.69, 9.17) is 28.8 Å². The van der Waals surface area contributed by atoms with Crippen molar-refractivity contribution < 1.29 is 8.83 Å². The molecule has 12 aromatic rings. The third-order valence-corrected chi connectivity index (χ3v) is 11.1. The van der Waals surface area contributed by atoms with Gasteiger partial charge in [-0.05, 0) is 81.2 Å². The van der Waals surface area contributed by atoms with E-state index in [9.17, 15) is 0 Å². The second kappa shape index (κ2) is 12.8. The van der Waals surface area contributed by atoms with Gasteiger partial charge in [0.05, 0.1) is 0 Å². The van der Waals surface area contributed by atoms with E-state index < -0.39 is 0 Å². The number of fused-ring (bicyclic) bond motifs is 9. The Labute approximate surface area is 331 Å². The fraction of sp³-hybridized carbons (Fsp3) is 0. The summed E-state index contributed by atoms with van der Waals surface area (Å²) in [7, 11) is 0. The molecule has 0 aliphatic rings. The van der Waals surface area contributed by atoms with Gasteiger partial charge in [-0.2, -0.15) is 0 Å². The summed E-state index contributed by atoms with van der Waals surface area (Å²) in [6, 6.07) is 62.3. The molecule has 0 fully saturated rings. The summed E-state index contributed by atoms with van der Waals surface area (Å²) in [4.78, 5) is 21.0. The molecule has 0 bridgehead atoms. The summed E-state index contributed by atoms with van der Waals surface area (Å²) in [6.45, 7) is 0. The summed E-state index contributed by atoms with van der Waals surface area (Å²) in [5.41, 5.74) is 8.71. The van der Waals surface area contributed by atoms with Crippen molar-refractivity contribution in [2.45, 2.75) is 0 Å². The molecule has 0 atom stereocenters. The molecule has 0 amide bonds. The Bertz CT molecular complexity index is 3570. The lowest BCUT2D eigenvalue weighted by molar-refractivity contribution is 0.623. The van der Waals surface area contributed by atoms with Gasteiger partial charge in [0.1, 0.15) is 16.7 Å². The van der Waals surface area contributed by atoms with Crippen molar-refractivity contribution in [3.63, 3.8) is 0 Å². The van der Waals surface area contributed by atoms with E-state index in [0.717, 1.165) is 93.2 Å².